The molecule has 1 aliphatic heterocycles. The highest BCUT2D eigenvalue weighted by Crippen LogP contribution is 2.37. The van der Waals surface area contributed by atoms with E-state index < -0.39 is 0 Å². The minimum absolute atomic E-state index is 0.260. The van der Waals surface area contributed by atoms with Gasteiger partial charge in [0.25, 0.3) is 0 Å². The zero-order valence-corrected chi connectivity index (χ0v) is 11.6. The van der Waals surface area contributed by atoms with E-state index >= 15 is 0 Å². The maximum Gasteiger partial charge on any atom is 0.319 e. The van der Waals surface area contributed by atoms with E-state index in [1.54, 1.807) is 6.07 Å². The van der Waals surface area contributed by atoms with Crippen molar-refractivity contribution in [3.8, 4) is 11.5 Å². The molecular formula is C14H20N2O4. The van der Waals surface area contributed by atoms with Gasteiger partial charge in [0.15, 0.2) is 11.5 Å². The van der Waals surface area contributed by atoms with Crippen LogP contribution in [-0.2, 0) is 4.74 Å². The first-order valence-corrected chi connectivity index (χ1v) is 6.82. The molecule has 0 unspecified atom stereocenters. The molecule has 1 heterocycles. The monoisotopic (exact) mass is 280 g/mol. The highest BCUT2D eigenvalue weighted by molar-refractivity contribution is 5.91. The van der Waals surface area contributed by atoms with Crippen LogP contribution in [0.1, 0.15) is 13.3 Å². The lowest BCUT2D eigenvalue weighted by molar-refractivity contribution is 0.145. The number of ether oxygens (including phenoxy) is 3. The topological polar surface area (TPSA) is 68.8 Å². The minimum atomic E-state index is -0.260. The summed E-state index contributed by atoms with van der Waals surface area (Å²) in [6.45, 7) is 4.87. The number of amides is 2. The van der Waals surface area contributed by atoms with Gasteiger partial charge >= 0.3 is 6.03 Å². The van der Waals surface area contributed by atoms with Crippen molar-refractivity contribution in [2.45, 2.75) is 13.3 Å². The van der Waals surface area contributed by atoms with Crippen molar-refractivity contribution < 1.29 is 19.0 Å². The SMILES string of the molecule is CCOCCCNC(=O)Nc1cccc2c1OCCO2. The van der Waals surface area contributed by atoms with Crippen LogP contribution in [0.15, 0.2) is 18.2 Å². The van der Waals surface area contributed by atoms with Crippen molar-refractivity contribution >= 4 is 11.7 Å². The fourth-order valence-corrected chi connectivity index (χ4v) is 1.86. The number of fused-ring (bicyclic) bond motifs is 1. The second kappa shape index (κ2) is 7.59. The third kappa shape index (κ3) is 4.03. The van der Waals surface area contributed by atoms with Crippen molar-refractivity contribution in [1.29, 1.82) is 0 Å². The molecule has 2 N–H and O–H groups in total. The number of benzene rings is 1. The summed E-state index contributed by atoms with van der Waals surface area (Å²) in [6, 6.07) is 5.16. The molecule has 0 radical (unpaired) electrons. The summed E-state index contributed by atoms with van der Waals surface area (Å²) in [5.74, 6) is 1.24. The molecule has 2 amide bonds. The highest BCUT2D eigenvalue weighted by Gasteiger charge is 2.16. The van der Waals surface area contributed by atoms with Crippen LogP contribution in [0.3, 0.4) is 0 Å². The number of para-hydroxylation sites is 1. The predicted molar refractivity (Wildman–Crippen MR) is 75.6 cm³/mol. The van der Waals surface area contributed by atoms with Gasteiger partial charge in [-0.2, -0.15) is 0 Å². The van der Waals surface area contributed by atoms with Gasteiger partial charge in [0.05, 0.1) is 5.69 Å². The van der Waals surface area contributed by atoms with Crippen molar-refractivity contribution in [3.63, 3.8) is 0 Å². The van der Waals surface area contributed by atoms with E-state index in [-0.39, 0.29) is 6.03 Å². The van der Waals surface area contributed by atoms with Gasteiger partial charge in [-0.15, -0.1) is 0 Å². The van der Waals surface area contributed by atoms with E-state index in [4.69, 9.17) is 14.2 Å². The second-order valence-electron chi connectivity index (χ2n) is 4.26. The third-order valence-electron chi connectivity index (χ3n) is 2.77. The van der Waals surface area contributed by atoms with Crippen LogP contribution in [-0.4, -0.2) is 39.0 Å². The molecule has 0 saturated heterocycles. The Morgan fingerprint density at radius 1 is 1.35 bits per heavy atom. The maximum atomic E-state index is 11.8. The zero-order chi connectivity index (χ0) is 14.2. The summed E-state index contributed by atoms with van der Waals surface area (Å²) in [6.07, 6.45) is 0.785. The Labute approximate surface area is 118 Å². The van der Waals surface area contributed by atoms with Crippen molar-refractivity contribution in [2.75, 3.05) is 38.3 Å². The van der Waals surface area contributed by atoms with Crippen LogP contribution in [0, 0.1) is 0 Å². The Hall–Kier alpha value is -1.95. The van der Waals surface area contributed by atoms with Crippen LogP contribution < -0.4 is 20.1 Å². The Balaban J connectivity index is 1.82. The Morgan fingerprint density at radius 3 is 3.05 bits per heavy atom. The van der Waals surface area contributed by atoms with Crippen LogP contribution >= 0.6 is 0 Å². The fraction of sp³-hybridized carbons (Fsp3) is 0.500. The van der Waals surface area contributed by atoms with Crippen molar-refractivity contribution in [2.24, 2.45) is 0 Å². The van der Waals surface area contributed by atoms with Gasteiger partial charge in [-0.3, -0.25) is 0 Å². The molecule has 1 aromatic rings. The van der Waals surface area contributed by atoms with E-state index in [2.05, 4.69) is 10.6 Å². The lowest BCUT2D eigenvalue weighted by atomic mass is 10.2. The largest absolute Gasteiger partial charge is 0.486 e. The number of anilines is 1. The molecule has 110 valence electrons. The lowest BCUT2D eigenvalue weighted by Gasteiger charge is -2.21. The minimum Gasteiger partial charge on any atom is -0.486 e. The number of hydrogen-bond donors (Lipinski definition) is 2. The summed E-state index contributed by atoms with van der Waals surface area (Å²) in [7, 11) is 0. The normalized spacial score (nSPS) is 12.8. The van der Waals surface area contributed by atoms with E-state index in [0.717, 1.165) is 6.42 Å². The van der Waals surface area contributed by atoms with Crippen molar-refractivity contribution in [3.05, 3.63) is 18.2 Å². The molecule has 1 aliphatic rings. The van der Waals surface area contributed by atoms with E-state index in [1.807, 2.05) is 19.1 Å². The summed E-state index contributed by atoms with van der Waals surface area (Å²) in [4.78, 5) is 11.8. The van der Waals surface area contributed by atoms with E-state index in [0.29, 0.717) is 50.2 Å². The first-order chi connectivity index (χ1) is 9.81. The van der Waals surface area contributed by atoms with Gasteiger partial charge < -0.3 is 24.8 Å². The molecule has 2 rings (SSSR count). The number of urea groups is 1. The molecule has 0 spiro atoms. The standard InChI is InChI=1S/C14H20N2O4/c1-2-18-8-4-7-15-14(17)16-11-5-3-6-12-13(11)20-10-9-19-12/h3,5-6H,2,4,7-10H2,1H3,(H2,15,16,17). The zero-order valence-electron chi connectivity index (χ0n) is 11.6. The third-order valence-corrected chi connectivity index (χ3v) is 2.77. The van der Waals surface area contributed by atoms with Gasteiger partial charge in [-0.1, -0.05) is 6.07 Å². The molecule has 0 aliphatic carbocycles. The van der Waals surface area contributed by atoms with E-state index in [1.165, 1.54) is 0 Å². The Bertz CT molecular complexity index is 451. The number of rotatable bonds is 6. The number of nitrogens with one attached hydrogen (secondary N) is 2. The smallest absolute Gasteiger partial charge is 0.319 e. The predicted octanol–water partition coefficient (Wildman–Crippen LogP) is 2.01. The Kier molecular flexibility index (Phi) is 5.49. The van der Waals surface area contributed by atoms with Gasteiger partial charge in [0.1, 0.15) is 13.2 Å². The molecule has 0 aromatic heterocycles. The van der Waals surface area contributed by atoms with Crippen LogP contribution in [0.5, 0.6) is 11.5 Å². The first kappa shape index (κ1) is 14.5. The molecular weight excluding hydrogens is 260 g/mol. The van der Waals surface area contributed by atoms with E-state index in [9.17, 15) is 4.79 Å². The lowest BCUT2D eigenvalue weighted by Crippen LogP contribution is -2.30. The van der Waals surface area contributed by atoms with Crippen LogP contribution in [0.2, 0.25) is 0 Å². The van der Waals surface area contributed by atoms with Gasteiger partial charge in [0, 0.05) is 19.8 Å². The molecule has 6 heteroatoms. The molecule has 1 aromatic carbocycles. The van der Waals surface area contributed by atoms with Gasteiger partial charge in [0.2, 0.25) is 0 Å². The maximum absolute atomic E-state index is 11.8. The van der Waals surface area contributed by atoms with Crippen LogP contribution in [0.25, 0.3) is 0 Å². The average molecular weight is 280 g/mol. The summed E-state index contributed by atoms with van der Waals surface area (Å²) >= 11 is 0. The fourth-order valence-electron chi connectivity index (χ4n) is 1.86. The number of hydrogen-bond acceptors (Lipinski definition) is 4. The quantitative estimate of drug-likeness (QED) is 0.782. The molecule has 0 saturated carbocycles. The molecule has 0 fully saturated rings. The average Bonchev–Trinajstić information content (AvgIpc) is 2.47. The second-order valence-corrected chi connectivity index (χ2v) is 4.26. The van der Waals surface area contributed by atoms with Gasteiger partial charge in [-0.05, 0) is 25.5 Å². The first-order valence-electron chi connectivity index (χ1n) is 6.82. The summed E-state index contributed by atoms with van der Waals surface area (Å²) in [5.41, 5.74) is 0.615. The molecule has 0 bridgehead atoms. The van der Waals surface area contributed by atoms with Gasteiger partial charge in [-0.25, -0.2) is 4.79 Å². The Morgan fingerprint density at radius 2 is 2.20 bits per heavy atom. The summed E-state index contributed by atoms with van der Waals surface area (Å²) in [5, 5.41) is 5.54. The van der Waals surface area contributed by atoms with Crippen molar-refractivity contribution in [1.82, 2.24) is 5.32 Å². The van der Waals surface area contributed by atoms with Crippen LogP contribution in [0.4, 0.5) is 10.5 Å². The highest BCUT2D eigenvalue weighted by atomic mass is 16.6. The number of carbonyl (C=O) groups is 1. The molecule has 0 atom stereocenters. The molecule has 20 heavy (non-hydrogen) atoms. The summed E-state index contributed by atoms with van der Waals surface area (Å²) < 4.78 is 16.2. The number of carbonyl (C=O) groups excluding carboxylic acids is 1. The molecule has 6 nitrogen and oxygen atoms in total.